The van der Waals surface area contributed by atoms with Gasteiger partial charge in [-0.2, -0.15) is 5.10 Å². The highest BCUT2D eigenvalue weighted by atomic mass is 35.5. The molecule has 3 nitrogen and oxygen atoms in total. The number of halogens is 1. The number of aromatic nitrogens is 2. The quantitative estimate of drug-likeness (QED) is 0.830. The largest absolute Gasteiger partial charge is 0.330 e. The zero-order chi connectivity index (χ0) is 14.5. The van der Waals surface area contributed by atoms with Crippen LogP contribution in [0.1, 0.15) is 23.2 Å². The lowest BCUT2D eigenvalue weighted by molar-refractivity contribution is 0.755. The molecule has 0 bridgehead atoms. The second-order valence-electron chi connectivity index (χ2n) is 4.83. The molecule has 0 aliphatic carbocycles. The van der Waals surface area contributed by atoms with E-state index >= 15 is 0 Å². The lowest BCUT2D eigenvalue weighted by atomic mass is 10.1. The van der Waals surface area contributed by atoms with E-state index in [0.717, 1.165) is 35.0 Å². The molecule has 1 aromatic carbocycles. The Morgan fingerprint density at radius 1 is 1.30 bits per heavy atom. The number of hydrogen-bond donors (Lipinski definition) is 1. The topological polar surface area (TPSA) is 43.8 Å². The summed E-state index contributed by atoms with van der Waals surface area (Å²) < 4.78 is 1.75. The molecule has 2 N–H and O–H groups in total. The lowest BCUT2D eigenvalue weighted by Gasteiger charge is -2.03. The third-order valence-electron chi connectivity index (χ3n) is 3.18. The zero-order valence-electron chi connectivity index (χ0n) is 11.9. The van der Waals surface area contributed by atoms with Crippen molar-refractivity contribution in [2.24, 2.45) is 12.8 Å². The maximum absolute atomic E-state index is 6.30. The zero-order valence-corrected chi connectivity index (χ0v) is 13.5. The number of rotatable bonds is 6. The molecular formula is C15H20ClN3S. The van der Waals surface area contributed by atoms with Crippen LogP contribution in [0, 0.1) is 6.92 Å². The van der Waals surface area contributed by atoms with Crippen molar-refractivity contribution in [3.63, 3.8) is 0 Å². The number of nitrogens with two attached hydrogens (primary N) is 1. The highest BCUT2D eigenvalue weighted by Crippen LogP contribution is 2.28. The molecular weight excluding hydrogens is 290 g/mol. The summed E-state index contributed by atoms with van der Waals surface area (Å²) in [5, 5.41) is 5.25. The number of benzene rings is 1. The van der Waals surface area contributed by atoms with Crippen molar-refractivity contribution in [3.8, 4) is 0 Å². The van der Waals surface area contributed by atoms with Gasteiger partial charge in [0, 0.05) is 23.3 Å². The number of aryl methyl sites for hydroxylation is 2. The number of hydrogen-bond acceptors (Lipinski definition) is 3. The maximum Gasteiger partial charge on any atom is 0.130 e. The van der Waals surface area contributed by atoms with Gasteiger partial charge in [0.1, 0.15) is 5.15 Å². The first-order valence-electron chi connectivity index (χ1n) is 6.71. The van der Waals surface area contributed by atoms with Crippen LogP contribution in [0.5, 0.6) is 0 Å². The van der Waals surface area contributed by atoms with E-state index in [0.29, 0.717) is 6.54 Å². The molecule has 0 atom stereocenters. The van der Waals surface area contributed by atoms with Crippen LogP contribution < -0.4 is 5.73 Å². The van der Waals surface area contributed by atoms with Crippen LogP contribution in [-0.2, 0) is 19.2 Å². The van der Waals surface area contributed by atoms with Gasteiger partial charge in [-0.15, -0.1) is 11.8 Å². The van der Waals surface area contributed by atoms with Crippen molar-refractivity contribution in [2.45, 2.75) is 30.4 Å². The van der Waals surface area contributed by atoms with Gasteiger partial charge in [0.15, 0.2) is 0 Å². The van der Waals surface area contributed by atoms with Crippen molar-refractivity contribution in [1.82, 2.24) is 9.78 Å². The van der Waals surface area contributed by atoms with Gasteiger partial charge in [-0.1, -0.05) is 29.3 Å². The van der Waals surface area contributed by atoms with E-state index in [-0.39, 0.29) is 0 Å². The van der Waals surface area contributed by atoms with Crippen LogP contribution in [0.2, 0.25) is 5.15 Å². The van der Waals surface area contributed by atoms with Crippen LogP contribution >= 0.6 is 23.4 Å². The fourth-order valence-electron chi connectivity index (χ4n) is 2.03. The normalized spacial score (nSPS) is 11.0. The highest BCUT2D eigenvalue weighted by molar-refractivity contribution is 7.98. The first kappa shape index (κ1) is 15.4. The molecule has 0 radical (unpaired) electrons. The predicted octanol–water partition coefficient (Wildman–Crippen LogP) is 3.57. The molecule has 5 heteroatoms. The van der Waals surface area contributed by atoms with E-state index in [1.54, 1.807) is 16.4 Å². The highest BCUT2D eigenvalue weighted by Gasteiger charge is 2.14. The fourth-order valence-corrected chi connectivity index (χ4v) is 3.13. The van der Waals surface area contributed by atoms with Crippen LogP contribution in [0.3, 0.4) is 0 Å². The van der Waals surface area contributed by atoms with E-state index in [1.807, 2.05) is 7.05 Å². The Labute approximate surface area is 129 Å². The molecule has 1 heterocycles. The number of thioether (sulfide) groups is 1. The Hall–Kier alpha value is -0.970. The smallest absolute Gasteiger partial charge is 0.130 e. The maximum atomic E-state index is 6.30. The summed E-state index contributed by atoms with van der Waals surface area (Å²) in [6, 6.07) is 8.54. The van der Waals surface area contributed by atoms with Crippen molar-refractivity contribution in [2.75, 3.05) is 6.54 Å². The third-order valence-corrected chi connectivity index (χ3v) is 4.68. The van der Waals surface area contributed by atoms with Gasteiger partial charge >= 0.3 is 0 Å². The van der Waals surface area contributed by atoms with E-state index in [2.05, 4.69) is 36.3 Å². The van der Waals surface area contributed by atoms with Gasteiger partial charge in [-0.25, -0.2) is 0 Å². The van der Waals surface area contributed by atoms with Crippen LogP contribution in [0.25, 0.3) is 0 Å². The Morgan fingerprint density at radius 2 is 2.00 bits per heavy atom. The summed E-state index contributed by atoms with van der Waals surface area (Å²) in [5.41, 5.74) is 9.07. The van der Waals surface area contributed by atoms with Crippen LogP contribution in [0.15, 0.2) is 29.2 Å². The SMILES string of the molecule is Cc1ccc(SCc2nn(C)c(Cl)c2CCCN)cc1. The summed E-state index contributed by atoms with van der Waals surface area (Å²) >= 11 is 8.09. The minimum Gasteiger partial charge on any atom is -0.330 e. The second-order valence-corrected chi connectivity index (χ2v) is 6.24. The summed E-state index contributed by atoms with van der Waals surface area (Å²) in [7, 11) is 1.88. The standard InChI is InChI=1S/C15H20ClN3S/c1-11-5-7-12(8-6-11)20-10-14-13(4-3-9-17)15(16)19(2)18-14/h5-8H,3-4,9-10,17H2,1-2H3. The van der Waals surface area contributed by atoms with Gasteiger partial charge in [0.2, 0.25) is 0 Å². The van der Waals surface area contributed by atoms with Gasteiger partial charge in [-0.3, -0.25) is 4.68 Å². The van der Waals surface area contributed by atoms with Gasteiger partial charge in [-0.05, 0) is 38.4 Å². The summed E-state index contributed by atoms with van der Waals surface area (Å²) in [6.07, 6.45) is 1.83. The van der Waals surface area contributed by atoms with Crippen LogP contribution in [-0.4, -0.2) is 16.3 Å². The summed E-state index contributed by atoms with van der Waals surface area (Å²) in [4.78, 5) is 1.25. The molecule has 108 valence electrons. The average molecular weight is 310 g/mol. The van der Waals surface area contributed by atoms with Crippen molar-refractivity contribution in [3.05, 3.63) is 46.2 Å². The van der Waals surface area contributed by atoms with Crippen molar-refractivity contribution < 1.29 is 0 Å². The molecule has 1 aromatic heterocycles. The van der Waals surface area contributed by atoms with Crippen LogP contribution in [0.4, 0.5) is 0 Å². The Kier molecular flexibility index (Phi) is 5.52. The molecule has 0 saturated carbocycles. The molecule has 2 rings (SSSR count). The molecule has 0 fully saturated rings. The van der Waals surface area contributed by atoms with E-state index in [9.17, 15) is 0 Å². The minimum absolute atomic E-state index is 0.676. The van der Waals surface area contributed by atoms with E-state index in [4.69, 9.17) is 17.3 Å². The molecule has 0 aliphatic rings. The summed E-state index contributed by atoms with van der Waals surface area (Å²) in [5.74, 6) is 0.837. The second kappa shape index (κ2) is 7.16. The van der Waals surface area contributed by atoms with Crippen molar-refractivity contribution >= 4 is 23.4 Å². The molecule has 0 spiro atoms. The Bertz CT molecular complexity index is 563. The Balaban J connectivity index is 2.08. The molecule has 0 unspecified atom stereocenters. The molecule has 0 saturated heterocycles. The lowest BCUT2D eigenvalue weighted by Crippen LogP contribution is -2.01. The fraction of sp³-hybridized carbons (Fsp3) is 0.400. The minimum atomic E-state index is 0.676. The summed E-state index contributed by atoms with van der Waals surface area (Å²) in [6.45, 7) is 2.77. The van der Waals surface area contributed by atoms with Crippen molar-refractivity contribution in [1.29, 1.82) is 0 Å². The van der Waals surface area contributed by atoms with Gasteiger partial charge in [0.25, 0.3) is 0 Å². The first-order chi connectivity index (χ1) is 9.61. The molecule has 2 aromatic rings. The molecule has 0 aliphatic heterocycles. The molecule has 20 heavy (non-hydrogen) atoms. The monoisotopic (exact) mass is 309 g/mol. The van der Waals surface area contributed by atoms with Gasteiger partial charge < -0.3 is 5.73 Å². The van der Waals surface area contributed by atoms with E-state index in [1.165, 1.54) is 10.5 Å². The average Bonchev–Trinajstić information content (AvgIpc) is 2.71. The third kappa shape index (κ3) is 3.78. The Morgan fingerprint density at radius 3 is 2.65 bits per heavy atom. The number of nitrogens with zero attached hydrogens (tertiary/aromatic N) is 2. The van der Waals surface area contributed by atoms with E-state index < -0.39 is 0 Å². The molecule has 0 amide bonds. The first-order valence-corrected chi connectivity index (χ1v) is 8.08. The van der Waals surface area contributed by atoms with Gasteiger partial charge in [0.05, 0.1) is 5.69 Å². The predicted molar refractivity (Wildman–Crippen MR) is 86.3 cm³/mol.